The fourth-order valence-corrected chi connectivity index (χ4v) is 3.57. The van der Waals surface area contributed by atoms with E-state index >= 15 is 0 Å². The zero-order chi connectivity index (χ0) is 15.6. The van der Waals surface area contributed by atoms with E-state index in [9.17, 15) is 13.0 Å². The first-order valence-corrected chi connectivity index (χ1v) is 9.48. The van der Waals surface area contributed by atoms with E-state index in [1.807, 2.05) is 6.92 Å². The van der Waals surface area contributed by atoms with E-state index in [2.05, 4.69) is 20.8 Å². The van der Waals surface area contributed by atoms with E-state index in [-0.39, 0.29) is 34.5 Å². The van der Waals surface area contributed by atoms with Crippen LogP contribution in [0.25, 0.3) is 0 Å². The van der Waals surface area contributed by atoms with Crippen LogP contribution in [0.2, 0.25) is 0 Å². The van der Waals surface area contributed by atoms with Crippen molar-refractivity contribution in [1.82, 2.24) is 0 Å². The Bertz CT molecular complexity index is 388. The minimum absolute atomic E-state index is 0. The summed E-state index contributed by atoms with van der Waals surface area (Å²) >= 11 is 0. The van der Waals surface area contributed by atoms with Gasteiger partial charge in [-0.1, -0.05) is 65.4 Å². The third kappa shape index (κ3) is 10.1. The van der Waals surface area contributed by atoms with Crippen molar-refractivity contribution in [3.63, 3.8) is 0 Å². The smallest absolute Gasteiger partial charge is 0.744 e. The fourth-order valence-electron chi connectivity index (χ4n) is 2.53. The molecule has 5 heteroatoms. The maximum atomic E-state index is 11.6. The molecule has 3 nitrogen and oxygen atoms in total. The SMILES string of the molecule is CCCC/C(CC)=C(\CC(CC)CCCC)S(=O)(=O)[O-].[Na+]. The molecule has 21 heavy (non-hydrogen) atoms. The van der Waals surface area contributed by atoms with Crippen molar-refractivity contribution in [2.24, 2.45) is 5.92 Å². The Morgan fingerprint density at radius 1 is 1.05 bits per heavy atom. The first-order chi connectivity index (χ1) is 9.40. The minimum Gasteiger partial charge on any atom is -0.744 e. The summed E-state index contributed by atoms with van der Waals surface area (Å²) in [6.45, 7) is 8.23. The molecule has 0 radical (unpaired) electrons. The predicted octanol–water partition coefficient (Wildman–Crippen LogP) is 2.00. The molecule has 0 N–H and O–H groups in total. The van der Waals surface area contributed by atoms with Gasteiger partial charge in [-0.05, 0) is 31.6 Å². The van der Waals surface area contributed by atoms with Crippen molar-refractivity contribution in [2.75, 3.05) is 0 Å². The van der Waals surface area contributed by atoms with Gasteiger partial charge in [0.2, 0.25) is 0 Å². The Labute approximate surface area is 154 Å². The Balaban J connectivity index is 0. The molecule has 1 atom stereocenters. The average Bonchev–Trinajstić information content (AvgIpc) is 2.40. The normalized spacial score (nSPS) is 14.3. The maximum Gasteiger partial charge on any atom is 1.00 e. The van der Waals surface area contributed by atoms with Gasteiger partial charge in [0.15, 0.2) is 0 Å². The third-order valence-electron chi connectivity index (χ3n) is 3.97. The van der Waals surface area contributed by atoms with E-state index < -0.39 is 10.1 Å². The molecule has 0 aromatic heterocycles. The van der Waals surface area contributed by atoms with Gasteiger partial charge in [0, 0.05) is 4.91 Å². The summed E-state index contributed by atoms with van der Waals surface area (Å²) < 4.78 is 34.8. The molecule has 0 amide bonds. The van der Waals surface area contributed by atoms with Crippen LogP contribution in [-0.2, 0) is 10.1 Å². The molecule has 1 unspecified atom stereocenters. The molecule has 0 saturated carbocycles. The van der Waals surface area contributed by atoms with Crippen molar-refractivity contribution < 1.29 is 42.5 Å². The van der Waals surface area contributed by atoms with Crippen LogP contribution < -0.4 is 29.6 Å². The first kappa shape index (κ1) is 23.9. The van der Waals surface area contributed by atoms with Crippen LogP contribution in [0.1, 0.15) is 85.5 Å². The van der Waals surface area contributed by atoms with Crippen LogP contribution in [0, 0.1) is 5.92 Å². The van der Waals surface area contributed by atoms with E-state index in [1.165, 1.54) is 0 Å². The Morgan fingerprint density at radius 2 is 1.62 bits per heavy atom. The molecule has 0 fully saturated rings. The minimum atomic E-state index is -4.31. The number of unbranched alkanes of at least 4 members (excludes halogenated alkanes) is 2. The molecule has 0 aliphatic heterocycles. The van der Waals surface area contributed by atoms with Crippen LogP contribution in [0.4, 0.5) is 0 Å². The van der Waals surface area contributed by atoms with Gasteiger partial charge in [-0.15, -0.1) is 0 Å². The van der Waals surface area contributed by atoms with Crippen LogP contribution in [-0.4, -0.2) is 13.0 Å². The summed E-state index contributed by atoms with van der Waals surface area (Å²) in [6, 6.07) is 0. The van der Waals surface area contributed by atoms with Crippen molar-refractivity contribution in [2.45, 2.75) is 85.5 Å². The zero-order valence-corrected chi connectivity index (χ0v) is 17.4. The third-order valence-corrected chi connectivity index (χ3v) is 5.03. The molecule has 0 aliphatic rings. The topological polar surface area (TPSA) is 57.2 Å². The molecular weight excluding hydrogens is 295 g/mol. The standard InChI is InChI=1S/C16H32O3S.Na/c1-5-9-11-14(7-3)13-16(20(17,18)19)15(8-4)12-10-6-2;/h14H,5-13H2,1-4H3,(H,17,18,19);/q;+1/p-1/b16-15+;. The molecule has 0 rings (SSSR count). The van der Waals surface area contributed by atoms with Gasteiger partial charge in [0.1, 0.15) is 10.1 Å². The largest absolute Gasteiger partial charge is 1.00 e. The van der Waals surface area contributed by atoms with Crippen LogP contribution >= 0.6 is 0 Å². The molecule has 120 valence electrons. The number of hydrogen-bond donors (Lipinski definition) is 0. The number of hydrogen-bond acceptors (Lipinski definition) is 3. The van der Waals surface area contributed by atoms with Crippen LogP contribution in [0.5, 0.6) is 0 Å². The van der Waals surface area contributed by atoms with Gasteiger partial charge in [-0.2, -0.15) is 0 Å². The van der Waals surface area contributed by atoms with Gasteiger partial charge in [0.05, 0.1) is 0 Å². The van der Waals surface area contributed by atoms with Gasteiger partial charge in [-0.25, -0.2) is 8.42 Å². The van der Waals surface area contributed by atoms with E-state index in [4.69, 9.17) is 0 Å². The summed E-state index contributed by atoms with van der Waals surface area (Å²) in [5, 5.41) is 0. The molecule has 0 saturated heterocycles. The predicted molar refractivity (Wildman–Crippen MR) is 84.5 cm³/mol. The van der Waals surface area contributed by atoms with Crippen LogP contribution in [0.3, 0.4) is 0 Å². The second-order valence-corrected chi connectivity index (χ2v) is 6.96. The van der Waals surface area contributed by atoms with Gasteiger partial charge in [-0.3, -0.25) is 0 Å². The summed E-state index contributed by atoms with van der Waals surface area (Å²) in [7, 11) is -4.31. The summed E-state index contributed by atoms with van der Waals surface area (Å²) in [6.07, 6.45) is 7.97. The first-order valence-electron chi connectivity index (χ1n) is 8.07. The van der Waals surface area contributed by atoms with Gasteiger partial charge in [0.25, 0.3) is 0 Å². The molecule has 0 spiro atoms. The second-order valence-electron chi connectivity index (χ2n) is 5.56. The molecule has 0 aromatic rings. The summed E-state index contributed by atoms with van der Waals surface area (Å²) in [5.41, 5.74) is 0.858. The van der Waals surface area contributed by atoms with E-state index in [0.717, 1.165) is 50.5 Å². The maximum absolute atomic E-state index is 11.6. The van der Waals surface area contributed by atoms with Crippen molar-refractivity contribution in [1.29, 1.82) is 0 Å². The van der Waals surface area contributed by atoms with Crippen molar-refractivity contribution in [3.8, 4) is 0 Å². The average molecular weight is 326 g/mol. The molecule has 0 bridgehead atoms. The summed E-state index contributed by atoms with van der Waals surface area (Å²) in [5.74, 6) is 0.317. The summed E-state index contributed by atoms with van der Waals surface area (Å²) in [4.78, 5) is 0.191. The monoisotopic (exact) mass is 326 g/mol. The van der Waals surface area contributed by atoms with Gasteiger partial charge < -0.3 is 4.55 Å². The Morgan fingerprint density at radius 3 is 2.00 bits per heavy atom. The van der Waals surface area contributed by atoms with Crippen LogP contribution in [0.15, 0.2) is 10.5 Å². The number of rotatable bonds is 11. The quantitative estimate of drug-likeness (QED) is 0.431. The molecule has 0 aromatic carbocycles. The molecule has 0 heterocycles. The molecule has 0 aliphatic carbocycles. The van der Waals surface area contributed by atoms with Crippen molar-refractivity contribution >= 4 is 10.1 Å². The molecular formula is C16H31NaO3S. The van der Waals surface area contributed by atoms with E-state index in [0.29, 0.717) is 18.8 Å². The Kier molecular flexibility index (Phi) is 14.9. The second kappa shape index (κ2) is 13.1. The van der Waals surface area contributed by atoms with E-state index in [1.54, 1.807) is 0 Å². The zero-order valence-electron chi connectivity index (χ0n) is 14.6. The van der Waals surface area contributed by atoms with Gasteiger partial charge >= 0.3 is 29.6 Å². The Hall–Kier alpha value is 0.650. The number of allylic oxidation sites excluding steroid dienone is 2. The van der Waals surface area contributed by atoms with Crippen molar-refractivity contribution in [3.05, 3.63) is 10.5 Å². The fraction of sp³-hybridized carbons (Fsp3) is 0.875.